The first-order chi connectivity index (χ1) is 23.6. The average molecular weight is 778 g/mol. The van der Waals surface area contributed by atoms with Gasteiger partial charge in [0.05, 0.1) is 46.3 Å². The summed E-state index contributed by atoms with van der Waals surface area (Å²) in [4.78, 5) is 0. The van der Waals surface area contributed by atoms with Gasteiger partial charge in [0.1, 0.15) is 0 Å². The van der Waals surface area contributed by atoms with Crippen LogP contribution in [0.2, 0.25) is 0 Å². The number of nitrogens with one attached hydrogen (secondary N) is 1. The third kappa shape index (κ3) is 13.1. The van der Waals surface area contributed by atoms with Gasteiger partial charge < -0.3 is 9.84 Å². The molecule has 0 spiro atoms. The summed E-state index contributed by atoms with van der Waals surface area (Å²) >= 11 is 16.6. The summed E-state index contributed by atoms with van der Waals surface area (Å²) in [6.07, 6.45) is 10.1. The minimum atomic E-state index is -1.44. The van der Waals surface area contributed by atoms with E-state index < -0.39 is 21.2 Å². The fourth-order valence-corrected chi connectivity index (χ4v) is 7.18. The number of hydrogen-bond acceptors (Lipinski definition) is 11. The molecule has 3 aromatic carbocycles. The molecule has 0 amide bonds. The van der Waals surface area contributed by atoms with E-state index in [0.717, 1.165) is 36.1 Å². The first kappa shape index (κ1) is 38.9. The van der Waals surface area contributed by atoms with Crippen LogP contribution in [0.5, 0.6) is 17.2 Å². The van der Waals surface area contributed by atoms with Gasteiger partial charge in [-0.15, -0.1) is 10.2 Å². The van der Waals surface area contributed by atoms with Gasteiger partial charge in [0.2, 0.25) is 35.4 Å². The lowest BCUT2D eigenvalue weighted by Crippen LogP contribution is -2.34. The van der Waals surface area contributed by atoms with Crippen molar-refractivity contribution in [1.82, 2.24) is 19.8 Å². The lowest BCUT2D eigenvalue weighted by Gasteiger charge is -2.22. The summed E-state index contributed by atoms with van der Waals surface area (Å²) in [5.41, 5.74) is 5.93. The molecule has 0 aromatic heterocycles. The number of nitrogens with zero attached hydrogens (tertiary/aromatic N) is 5. The van der Waals surface area contributed by atoms with Crippen molar-refractivity contribution in [2.45, 2.75) is 25.6 Å². The Balaban J connectivity index is 1.18. The van der Waals surface area contributed by atoms with Crippen molar-refractivity contribution in [1.29, 1.82) is 0 Å². The Morgan fingerprint density at radius 3 is 1.63 bits per heavy atom. The molecule has 0 heterocycles. The molecule has 2 N–H and O–H groups in total. The summed E-state index contributed by atoms with van der Waals surface area (Å²) in [5.74, 6) is 2.40. The molecule has 4 rings (SSSR count). The van der Waals surface area contributed by atoms with Crippen LogP contribution in [-0.2, 0) is 46.8 Å². The maximum Gasteiger partial charge on any atom is 0.540 e. The van der Waals surface area contributed by atoms with Gasteiger partial charge in [-0.1, -0.05) is 33.8 Å². The maximum absolute atomic E-state index is 9.19. The minimum Gasteiger partial charge on any atom is -0.392 e. The van der Waals surface area contributed by atoms with Crippen LogP contribution in [-0.4, -0.2) is 72.8 Å². The molecule has 0 bridgehead atoms. The van der Waals surface area contributed by atoms with Crippen LogP contribution in [0.15, 0.2) is 95.2 Å². The van der Waals surface area contributed by atoms with Crippen LogP contribution in [0.3, 0.4) is 0 Å². The molecular weight excluding hydrogens is 738 g/mol. The third-order valence-electron chi connectivity index (χ3n) is 7.19. The number of aliphatic hydroxyl groups is 1. The second-order valence-corrected chi connectivity index (χ2v) is 17.3. The second-order valence-electron chi connectivity index (χ2n) is 10.8. The van der Waals surface area contributed by atoms with Crippen molar-refractivity contribution in [3.8, 4) is 17.2 Å². The van der Waals surface area contributed by atoms with Crippen LogP contribution in [0.1, 0.15) is 29.5 Å². The predicted molar refractivity (Wildman–Crippen MR) is 209 cm³/mol. The molecule has 0 fully saturated rings. The average Bonchev–Trinajstić information content (AvgIpc) is 3.13. The summed E-state index contributed by atoms with van der Waals surface area (Å²) < 4.78 is 28.2. The van der Waals surface area contributed by atoms with Gasteiger partial charge >= 0.3 is 21.2 Å². The highest BCUT2D eigenvalue weighted by atomic mass is 32.4. The Morgan fingerprint density at radius 2 is 1.20 bits per heavy atom. The summed E-state index contributed by atoms with van der Waals surface area (Å²) in [5, 5.41) is 18.1. The number of aliphatic hydroxyl groups excluding tert-OH is 1. The zero-order valence-electron chi connectivity index (χ0n) is 27.6. The van der Waals surface area contributed by atoms with Crippen LogP contribution in [0.25, 0.3) is 0 Å². The van der Waals surface area contributed by atoms with Gasteiger partial charge in [-0.25, -0.2) is 5.43 Å². The minimum absolute atomic E-state index is 0.0211. The van der Waals surface area contributed by atoms with Crippen molar-refractivity contribution < 1.29 is 23.4 Å². The van der Waals surface area contributed by atoms with Crippen LogP contribution < -0.4 is 19.0 Å². The fourth-order valence-electron chi connectivity index (χ4n) is 4.25. The van der Waals surface area contributed by atoms with Crippen molar-refractivity contribution in [3.05, 3.63) is 102 Å². The molecule has 5 unspecified atom stereocenters. The first-order valence-electron chi connectivity index (χ1n) is 15.2. The molecule has 49 heavy (non-hydrogen) atoms. The number of benzene rings is 3. The van der Waals surface area contributed by atoms with Crippen molar-refractivity contribution >= 4 is 69.1 Å². The van der Waals surface area contributed by atoms with Gasteiger partial charge in [0.15, 0.2) is 17.2 Å². The van der Waals surface area contributed by atoms with Crippen molar-refractivity contribution in [2.75, 3.05) is 34.8 Å². The Morgan fingerprint density at radius 1 is 0.735 bits per heavy atom. The highest BCUT2D eigenvalue weighted by Crippen LogP contribution is 2.33. The number of rotatable bonds is 18. The lowest BCUT2D eigenvalue weighted by molar-refractivity contribution is 0.121. The molecule has 11 nitrogen and oxygen atoms in total. The number of hydrogen-bond donors (Lipinski definition) is 2. The molecule has 1 aliphatic rings. The topological polar surface area (TPSA) is 104 Å². The highest BCUT2D eigenvalue weighted by Gasteiger charge is 2.25. The maximum atomic E-state index is 9.19. The monoisotopic (exact) mass is 777 g/mol. The van der Waals surface area contributed by atoms with Gasteiger partial charge in [0.25, 0.3) is 0 Å². The number of ether oxygens (including phenoxy) is 1. The molecule has 258 valence electrons. The van der Waals surface area contributed by atoms with E-state index in [-0.39, 0.29) is 12.7 Å². The van der Waals surface area contributed by atoms with Crippen molar-refractivity contribution in [3.63, 3.8) is 0 Å². The molecular formula is C32H40N6O5P3S3+3. The Bertz CT molecular complexity index is 1650. The third-order valence-corrected chi connectivity index (χ3v) is 12.9. The highest BCUT2D eigenvalue weighted by molar-refractivity contribution is 8.02. The van der Waals surface area contributed by atoms with E-state index in [1.807, 2.05) is 60.4 Å². The predicted octanol–water partition coefficient (Wildman–Crippen LogP) is 6.99. The molecule has 5 atom stereocenters. The largest absolute Gasteiger partial charge is 0.540 e. The molecule has 17 heteroatoms. The molecule has 0 saturated carbocycles. The summed E-state index contributed by atoms with van der Waals surface area (Å²) in [7, 11) is 3.09. The van der Waals surface area contributed by atoms with Gasteiger partial charge in [-0.3, -0.25) is 13.6 Å². The van der Waals surface area contributed by atoms with Gasteiger partial charge in [-0.2, -0.15) is 0 Å². The molecule has 0 aliphatic heterocycles. The molecule has 1 aliphatic carbocycles. The SMILES string of the molecule is COC1C=CC(CNN(C)[P+](=S)Oc2ccc(/C=N\N(C)[P+](=S)Oc3ccc(/C=N\N(C)[P+](=S)Oc4ccc(CO)cc4)cc3)cc2)CC1. The van der Waals surface area contributed by atoms with E-state index in [1.165, 1.54) is 0 Å². The fraction of sp³-hybridized carbons (Fsp3) is 0.312. The van der Waals surface area contributed by atoms with Gasteiger partial charge in [0, 0.05) is 13.7 Å². The summed E-state index contributed by atoms with van der Waals surface area (Å²) in [6.45, 7) is 0.781. The van der Waals surface area contributed by atoms with Gasteiger partial charge in [-0.05, 0) is 101 Å². The van der Waals surface area contributed by atoms with Crippen LogP contribution in [0, 0.1) is 5.92 Å². The zero-order chi connectivity index (χ0) is 35.2. The van der Waals surface area contributed by atoms with E-state index >= 15 is 0 Å². The Hall–Kier alpha value is -2.86. The molecule has 0 radical (unpaired) electrons. The van der Waals surface area contributed by atoms with E-state index in [2.05, 4.69) is 27.8 Å². The lowest BCUT2D eigenvalue weighted by atomic mass is 9.94. The van der Waals surface area contributed by atoms with Crippen LogP contribution in [0.4, 0.5) is 0 Å². The van der Waals surface area contributed by atoms with Crippen LogP contribution >= 0.6 is 21.2 Å². The van der Waals surface area contributed by atoms with E-state index in [1.54, 1.807) is 67.5 Å². The zero-order valence-corrected chi connectivity index (χ0v) is 32.7. The standard InChI is InChI=1S/C32H40N6O5P3S3/c1-36(33-21-25-5-13-29(40-4)14-6-25)44(47)41-30-15-7-26(8-16-30)22-34-37(2)45(48)42-31-17-9-27(10-18-31)23-35-38(3)46(49)43-32-19-11-28(24-39)12-20-32/h5,7-13,15-20,22-23,25,29,33,39H,6,14,21,24H2,1-4H3/q+3/b34-22-,35-23-. The Kier molecular flexibility index (Phi) is 16.0. The summed E-state index contributed by atoms with van der Waals surface area (Å²) in [6, 6.07) is 22.2. The molecule has 0 saturated heterocycles. The van der Waals surface area contributed by atoms with E-state index in [4.69, 9.17) is 53.7 Å². The van der Waals surface area contributed by atoms with Crippen molar-refractivity contribution in [2.24, 2.45) is 16.1 Å². The smallest absolute Gasteiger partial charge is 0.392 e. The molecule has 3 aromatic rings. The van der Waals surface area contributed by atoms with E-state index in [0.29, 0.717) is 23.2 Å². The Labute approximate surface area is 306 Å². The number of methoxy groups -OCH3 is 1. The normalized spacial score (nSPS) is 16.9. The van der Waals surface area contributed by atoms with E-state index in [9.17, 15) is 5.11 Å². The number of hydrazine groups is 1. The second kappa shape index (κ2) is 20.1. The quantitative estimate of drug-likeness (QED) is 0.0603. The first-order valence-corrected chi connectivity index (χ1v) is 21.9. The number of hydrazone groups is 2.